The third-order valence-electron chi connectivity index (χ3n) is 5.15. The molecule has 2 aromatic carbocycles. The number of aryl methyl sites for hydroxylation is 1. The maximum atomic E-state index is 12.6. The Bertz CT molecular complexity index is 1150. The van der Waals surface area contributed by atoms with Crippen LogP contribution in [0.3, 0.4) is 0 Å². The molecule has 33 heavy (non-hydrogen) atoms. The van der Waals surface area contributed by atoms with Gasteiger partial charge in [-0.1, -0.05) is 59.7 Å². The Morgan fingerprint density at radius 1 is 1.15 bits per heavy atom. The minimum atomic E-state index is -0.150. The smallest absolute Gasteiger partial charge is 0.251 e. The first-order chi connectivity index (χ1) is 15.8. The van der Waals surface area contributed by atoms with Gasteiger partial charge in [-0.15, -0.1) is 10.2 Å². The fourth-order valence-electron chi connectivity index (χ4n) is 3.40. The van der Waals surface area contributed by atoms with Crippen LogP contribution in [0.15, 0.2) is 52.1 Å². The zero-order valence-corrected chi connectivity index (χ0v) is 21.6. The fourth-order valence-corrected chi connectivity index (χ4v) is 4.60. The second kappa shape index (κ2) is 11.5. The van der Waals surface area contributed by atoms with Crippen LogP contribution in [0.25, 0.3) is 0 Å². The van der Waals surface area contributed by atoms with E-state index >= 15 is 0 Å². The van der Waals surface area contributed by atoms with Crippen molar-refractivity contribution in [3.63, 3.8) is 0 Å². The molecule has 7 nitrogen and oxygen atoms in total. The SMILES string of the molecule is CCn1c(CNC(=O)c2ccccc2C)nnc1SCC(=O)Nc1ccc(Br)cc1C(C)C. The molecule has 0 aliphatic rings. The number of carbonyl (C=O) groups excluding carboxylic acids is 2. The van der Waals surface area contributed by atoms with Gasteiger partial charge in [-0.3, -0.25) is 9.59 Å². The average molecular weight is 530 g/mol. The van der Waals surface area contributed by atoms with E-state index in [4.69, 9.17) is 0 Å². The lowest BCUT2D eigenvalue weighted by molar-refractivity contribution is -0.113. The van der Waals surface area contributed by atoms with Crippen LogP contribution in [0.1, 0.15) is 54.0 Å². The highest BCUT2D eigenvalue weighted by atomic mass is 79.9. The number of amides is 2. The third-order valence-corrected chi connectivity index (χ3v) is 6.61. The predicted octanol–water partition coefficient (Wildman–Crippen LogP) is 5.15. The van der Waals surface area contributed by atoms with Crippen molar-refractivity contribution in [3.05, 3.63) is 69.5 Å². The summed E-state index contributed by atoms with van der Waals surface area (Å²) in [6, 6.07) is 13.3. The summed E-state index contributed by atoms with van der Waals surface area (Å²) in [5.41, 5.74) is 3.45. The van der Waals surface area contributed by atoms with Crippen molar-refractivity contribution in [1.29, 1.82) is 0 Å². The lowest BCUT2D eigenvalue weighted by Crippen LogP contribution is -2.25. The highest BCUT2D eigenvalue weighted by Crippen LogP contribution is 2.28. The van der Waals surface area contributed by atoms with E-state index in [-0.39, 0.29) is 30.0 Å². The molecule has 2 amide bonds. The highest BCUT2D eigenvalue weighted by Gasteiger charge is 2.16. The van der Waals surface area contributed by atoms with E-state index in [0.29, 0.717) is 23.1 Å². The number of nitrogens with zero attached hydrogens (tertiary/aromatic N) is 3. The maximum Gasteiger partial charge on any atom is 0.251 e. The Morgan fingerprint density at radius 3 is 2.61 bits per heavy atom. The number of aromatic nitrogens is 3. The number of anilines is 1. The minimum absolute atomic E-state index is 0.107. The molecule has 2 N–H and O–H groups in total. The van der Waals surface area contributed by atoms with Crippen LogP contribution in [0.5, 0.6) is 0 Å². The first-order valence-corrected chi connectivity index (χ1v) is 12.6. The largest absolute Gasteiger partial charge is 0.345 e. The third kappa shape index (κ3) is 6.45. The van der Waals surface area contributed by atoms with Gasteiger partial charge in [0.15, 0.2) is 11.0 Å². The molecule has 0 aliphatic carbocycles. The van der Waals surface area contributed by atoms with Gasteiger partial charge in [0, 0.05) is 22.3 Å². The van der Waals surface area contributed by atoms with E-state index in [1.165, 1.54) is 11.8 Å². The number of nitrogens with one attached hydrogen (secondary N) is 2. The van der Waals surface area contributed by atoms with E-state index in [2.05, 4.69) is 50.6 Å². The zero-order chi connectivity index (χ0) is 24.0. The Kier molecular flexibility index (Phi) is 8.68. The van der Waals surface area contributed by atoms with Crippen molar-refractivity contribution < 1.29 is 9.59 Å². The van der Waals surface area contributed by atoms with Crippen molar-refractivity contribution in [2.24, 2.45) is 0 Å². The van der Waals surface area contributed by atoms with Crippen LogP contribution < -0.4 is 10.6 Å². The van der Waals surface area contributed by atoms with Gasteiger partial charge >= 0.3 is 0 Å². The molecule has 174 valence electrons. The van der Waals surface area contributed by atoms with E-state index < -0.39 is 0 Å². The Balaban J connectivity index is 1.61. The predicted molar refractivity (Wildman–Crippen MR) is 136 cm³/mol. The number of halogens is 1. The zero-order valence-electron chi connectivity index (χ0n) is 19.2. The first kappa shape index (κ1) is 25.0. The summed E-state index contributed by atoms with van der Waals surface area (Å²) >= 11 is 4.81. The molecule has 0 radical (unpaired) electrons. The van der Waals surface area contributed by atoms with Gasteiger partial charge in [-0.25, -0.2) is 0 Å². The molecule has 0 saturated carbocycles. The van der Waals surface area contributed by atoms with E-state index in [1.54, 1.807) is 6.07 Å². The molecule has 9 heteroatoms. The van der Waals surface area contributed by atoms with Gasteiger partial charge in [-0.05, 0) is 55.2 Å². The summed E-state index contributed by atoms with van der Waals surface area (Å²) < 4.78 is 2.89. The Hall–Kier alpha value is -2.65. The average Bonchev–Trinajstić information content (AvgIpc) is 3.19. The van der Waals surface area contributed by atoms with Gasteiger partial charge in [0.25, 0.3) is 5.91 Å². The summed E-state index contributed by atoms with van der Waals surface area (Å²) in [6.45, 7) is 8.97. The molecule has 3 rings (SSSR count). The second-order valence-corrected chi connectivity index (χ2v) is 9.72. The fraction of sp³-hybridized carbons (Fsp3) is 0.333. The summed E-state index contributed by atoms with van der Waals surface area (Å²) in [4.78, 5) is 25.1. The summed E-state index contributed by atoms with van der Waals surface area (Å²) in [5, 5.41) is 15.0. The van der Waals surface area contributed by atoms with Crippen molar-refractivity contribution in [3.8, 4) is 0 Å². The molecule has 3 aromatic rings. The van der Waals surface area contributed by atoms with Gasteiger partial charge in [0.2, 0.25) is 5.91 Å². The number of rotatable bonds is 9. The van der Waals surface area contributed by atoms with Crippen LogP contribution in [0.2, 0.25) is 0 Å². The quantitative estimate of drug-likeness (QED) is 0.374. The van der Waals surface area contributed by atoms with Crippen molar-refractivity contribution in [1.82, 2.24) is 20.1 Å². The molecule has 0 saturated heterocycles. The van der Waals surface area contributed by atoms with Crippen LogP contribution in [0, 0.1) is 6.92 Å². The van der Waals surface area contributed by atoms with Crippen LogP contribution in [0.4, 0.5) is 5.69 Å². The molecule has 1 heterocycles. The first-order valence-electron chi connectivity index (χ1n) is 10.8. The lowest BCUT2D eigenvalue weighted by atomic mass is 10.0. The molecule has 0 bridgehead atoms. The number of hydrogen-bond donors (Lipinski definition) is 2. The maximum absolute atomic E-state index is 12.6. The van der Waals surface area contributed by atoms with Gasteiger partial charge in [0.1, 0.15) is 0 Å². The van der Waals surface area contributed by atoms with E-state index in [0.717, 1.165) is 21.3 Å². The van der Waals surface area contributed by atoms with Crippen LogP contribution >= 0.6 is 27.7 Å². The number of thioether (sulfide) groups is 1. The molecule has 0 atom stereocenters. The van der Waals surface area contributed by atoms with Crippen LogP contribution in [-0.4, -0.2) is 32.3 Å². The molecule has 0 aliphatic heterocycles. The number of benzene rings is 2. The molecule has 0 spiro atoms. The topological polar surface area (TPSA) is 88.9 Å². The number of carbonyl (C=O) groups is 2. The van der Waals surface area contributed by atoms with Gasteiger partial charge in [0.05, 0.1) is 12.3 Å². The lowest BCUT2D eigenvalue weighted by Gasteiger charge is -2.14. The molecular weight excluding hydrogens is 502 g/mol. The standard InChI is InChI=1S/C24H28BrN5O2S/c1-5-30-21(13-26-23(32)18-9-7-6-8-16(18)4)28-29-24(30)33-14-22(31)27-20-11-10-17(25)12-19(20)15(2)3/h6-12,15H,5,13-14H2,1-4H3,(H,26,32)(H,27,31). The Labute approximate surface area is 206 Å². The molecule has 0 unspecified atom stereocenters. The van der Waals surface area contributed by atoms with E-state index in [9.17, 15) is 9.59 Å². The van der Waals surface area contributed by atoms with Crippen LogP contribution in [-0.2, 0) is 17.9 Å². The normalized spacial score (nSPS) is 11.0. The minimum Gasteiger partial charge on any atom is -0.345 e. The Morgan fingerprint density at radius 2 is 1.91 bits per heavy atom. The second-order valence-electron chi connectivity index (χ2n) is 7.86. The highest BCUT2D eigenvalue weighted by molar-refractivity contribution is 9.10. The van der Waals surface area contributed by atoms with Crippen molar-refractivity contribution in [2.45, 2.75) is 51.9 Å². The van der Waals surface area contributed by atoms with Crippen molar-refractivity contribution >= 4 is 45.2 Å². The summed E-state index contributed by atoms with van der Waals surface area (Å²) in [7, 11) is 0. The summed E-state index contributed by atoms with van der Waals surface area (Å²) in [5.74, 6) is 0.886. The molecular formula is C24H28BrN5O2S. The number of hydrogen-bond acceptors (Lipinski definition) is 5. The molecule has 1 aromatic heterocycles. The van der Waals surface area contributed by atoms with Crippen molar-refractivity contribution in [2.75, 3.05) is 11.1 Å². The van der Waals surface area contributed by atoms with Gasteiger partial charge in [-0.2, -0.15) is 0 Å². The van der Waals surface area contributed by atoms with Gasteiger partial charge < -0.3 is 15.2 Å². The molecule has 0 fully saturated rings. The monoisotopic (exact) mass is 529 g/mol. The summed E-state index contributed by atoms with van der Waals surface area (Å²) in [6.07, 6.45) is 0. The van der Waals surface area contributed by atoms with E-state index in [1.807, 2.05) is 54.8 Å².